The molecule has 0 saturated carbocycles. The van der Waals surface area contributed by atoms with Crippen molar-refractivity contribution in [3.8, 4) is 0 Å². The van der Waals surface area contributed by atoms with Gasteiger partial charge in [0.2, 0.25) is 0 Å². The molecular weight excluding hydrogens is 274 g/mol. The van der Waals surface area contributed by atoms with Crippen LogP contribution in [-0.4, -0.2) is 5.91 Å². The van der Waals surface area contributed by atoms with Gasteiger partial charge in [-0.1, -0.05) is 48.0 Å². The second-order valence-electron chi connectivity index (χ2n) is 5.20. The third kappa shape index (κ3) is 3.09. The van der Waals surface area contributed by atoms with Crippen molar-refractivity contribution in [3.63, 3.8) is 0 Å². The number of rotatable bonds is 4. The van der Waals surface area contributed by atoms with E-state index >= 15 is 0 Å². The number of aryl methyl sites for hydroxylation is 1. The number of carbonyl (C=O) groups excluding carboxylic acids is 1. The van der Waals surface area contributed by atoms with E-state index in [-0.39, 0.29) is 11.9 Å². The minimum absolute atomic E-state index is 0.117. The number of furan rings is 1. The second kappa shape index (κ2) is 6.31. The summed E-state index contributed by atoms with van der Waals surface area (Å²) in [6, 6.07) is 20.7. The molecule has 1 atom stereocenters. The maximum Gasteiger partial charge on any atom is 0.252 e. The van der Waals surface area contributed by atoms with E-state index in [9.17, 15) is 4.79 Å². The highest BCUT2D eigenvalue weighted by Crippen LogP contribution is 2.23. The molecule has 3 heteroatoms. The first-order valence-electron chi connectivity index (χ1n) is 7.20. The van der Waals surface area contributed by atoms with Crippen molar-refractivity contribution in [3.05, 3.63) is 95.4 Å². The molecule has 1 aromatic heterocycles. The summed E-state index contributed by atoms with van der Waals surface area (Å²) >= 11 is 0. The van der Waals surface area contributed by atoms with E-state index < -0.39 is 0 Å². The van der Waals surface area contributed by atoms with E-state index in [0.717, 1.165) is 11.1 Å². The zero-order valence-electron chi connectivity index (χ0n) is 12.3. The molecule has 1 amide bonds. The van der Waals surface area contributed by atoms with Crippen LogP contribution in [0.4, 0.5) is 0 Å². The molecule has 0 bridgehead atoms. The van der Waals surface area contributed by atoms with Crippen molar-refractivity contribution >= 4 is 5.91 Å². The van der Waals surface area contributed by atoms with Crippen molar-refractivity contribution in [2.24, 2.45) is 0 Å². The maximum absolute atomic E-state index is 12.5. The van der Waals surface area contributed by atoms with Gasteiger partial charge in [-0.2, -0.15) is 0 Å². The maximum atomic E-state index is 12.5. The normalized spacial score (nSPS) is 11.9. The molecule has 0 radical (unpaired) electrons. The molecule has 22 heavy (non-hydrogen) atoms. The van der Waals surface area contributed by atoms with Crippen LogP contribution in [0, 0.1) is 6.92 Å². The minimum Gasteiger partial charge on any atom is -0.467 e. The second-order valence-corrected chi connectivity index (χ2v) is 5.20. The summed E-state index contributed by atoms with van der Waals surface area (Å²) in [5, 5.41) is 3.05. The van der Waals surface area contributed by atoms with E-state index in [4.69, 9.17) is 4.42 Å². The number of carbonyl (C=O) groups is 1. The highest BCUT2D eigenvalue weighted by atomic mass is 16.3. The Bertz CT molecular complexity index is 748. The smallest absolute Gasteiger partial charge is 0.252 e. The van der Waals surface area contributed by atoms with Crippen molar-refractivity contribution in [1.29, 1.82) is 0 Å². The number of amides is 1. The first kappa shape index (κ1) is 14.1. The van der Waals surface area contributed by atoms with Crippen LogP contribution in [0.25, 0.3) is 0 Å². The molecule has 0 aliphatic heterocycles. The molecular formula is C19H17NO2. The topological polar surface area (TPSA) is 42.2 Å². The van der Waals surface area contributed by atoms with Crippen molar-refractivity contribution in [2.45, 2.75) is 13.0 Å². The molecule has 3 aromatic rings. The molecule has 0 aliphatic rings. The fourth-order valence-electron chi connectivity index (χ4n) is 2.42. The molecule has 110 valence electrons. The standard InChI is InChI=1S/C19H17NO2/c1-14-7-5-10-16(13-14)19(21)20-18(17-11-6-12-22-17)15-8-3-2-4-9-15/h2-13,18H,1H3,(H,20,21)/t18-/m1/s1. The summed E-state index contributed by atoms with van der Waals surface area (Å²) in [6.07, 6.45) is 1.62. The lowest BCUT2D eigenvalue weighted by atomic mass is 10.0. The largest absolute Gasteiger partial charge is 0.467 e. The van der Waals surface area contributed by atoms with Crippen LogP contribution in [0.2, 0.25) is 0 Å². The van der Waals surface area contributed by atoms with Gasteiger partial charge in [0, 0.05) is 5.56 Å². The quantitative estimate of drug-likeness (QED) is 0.786. The summed E-state index contributed by atoms with van der Waals surface area (Å²) in [5.41, 5.74) is 2.69. The van der Waals surface area contributed by atoms with E-state index in [1.807, 2.05) is 73.7 Å². The number of hydrogen-bond acceptors (Lipinski definition) is 2. The molecule has 3 rings (SSSR count). The first-order valence-corrected chi connectivity index (χ1v) is 7.20. The van der Waals surface area contributed by atoms with Crippen LogP contribution in [0.1, 0.15) is 33.3 Å². The van der Waals surface area contributed by atoms with Gasteiger partial charge < -0.3 is 9.73 Å². The Morgan fingerprint density at radius 3 is 2.50 bits per heavy atom. The van der Waals surface area contributed by atoms with E-state index in [1.54, 1.807) is 6.26 Å². The first-order chi connectivity index (χ1) is 10.7. The Balaban J connectivity index is 1.89. The lowest BCUT2D eigenvalue weighted by molar-refractivity contribution is 0.0939. The third-order valence-electron chi connectivity index (χ3n) is 3.52. The van der Waals surface area contributed by atoms with E-state index in [0.29, 0.717) is 11.3 Å². The lowest BCUT2D eigenvalue weighted by Gasteiger charge is -2.17. The summed E-state index contributed by atoms with van der Waals surface area (Å²) in [4.78, 5) is 12.5. The molecule has 0 aliphatic carbocycles. The van der Waals surface area contributed by atoms with Gasteiger partial charge in [0.1, 0.15) is 11.8 Å². The number of hydrogen-bond donors (Lipinski definition) is 1. The minimum atomic E-state index is -0.302. The fourth-order valence-corrected chi connectivity index (χ4v) is 2.42. The Morgan fingerprint density at radius 1 is 1.00 bits per heavy atom. The Hall–Kier alpha value is -2.81. The van der Waals surface area contributed by atoms with Gasteiger partial charge in [-0.25, -0.2) is 0 Å². The van der Waals surface area contributed by atoms with Crippen LogP contribution >= 0.6 is 0 Å². The van der Waals surface area contributed by atoms with Crippen molar-refractivity contribution < 1.29 is 9.21 Å². The van der Waals surface area contributed by atoms with E-state index in [2.05, 4.69) is 5.32 Å². The predicted molar refractivity (Wildman–Crippen MR) is 85.6 cm³/mol. The predicted octanol–water partition coefficient (Wildman–Crippen LogP) is 4.11. The molecule has 1 heterocycles. The SMILES string of the molecule is Cc1cccc(C(=O)N[C@H](c2ccccc2)c2ccco2)c1. The molecule has 1 N–H and O–H groups in total. The van der Waals surface area contributed by atoms with Crippen LogP contribution in [0.3, 0.4) is 0 Å². The van der Waals surface area contributed by atoms with Crippen molar-refractivity contribution in [1.82, 2.24) is 5.32 Å². The average Bonchev–Trinajstić information content (AvgIpc) is 3.07. The highest BCUT2D eigenvalue weighted by molar-refractivity contribution is 5.94. The van der Waals surface area contributed by atoms with Crippen molar-refractivity contribution in [2.75, 3.05) is 0 Å². The third-order valence-corrected chi connectivity index (χ3v) is 3.52. The summed E-state index contributed by atoms with van der Waals surface area (Å²) in [6.45, 7) is 1.97. The summed E-state index contributed by atoms with van der Waals surface area (Å²) in [5.74, 6) is 0.598. The fraction of sp³-hybridized carbons (Fsp3) is 0.105. The zero-order chi connectivity index (χ0) is 15.4. The monoisotopic (exact) mass is 291 g/mol. The molecule has 0 saturated heterocycles. The average molecular weight is 291 g/mol. The summed E-state index contributed by atoms with van der Waals surface area (Å²) < 4.78 is 5.50. The Morgan fingerprint density at radius 2 is 1.82 bits per heavy atom. The number of nitrogens with one attached hydrogen (secondary N) is 1. The van der Waals surface area contributed by atoms with Gasteiger partial charge in [0.05, 0.1) is 6.26 Å². The molecule has 0 fully saturated rings. The van der Waals surface area contributed by atoms with Gasteiger partial charge >= 0.3 is 0 Å². The molecule has 0 unspecified atom stereocenters. The zero-order valence-corrected chi connectivity index (χ0v) is 12.3. The van der Waals surface area contributed by atoms with Gasteiger partial charge in [-0.15, -0.1) is 0 Å². The highest BCUT2D eigenvalue weighted by Gasteiger charge is 2.19. The molecule has 2 aromatic carbocycles. The van der Waals surface area contributed by atoms with Crippen LogP contribution in [0.15, 0.2) is 77.4 Å². The van der Waals surface area contributed by atoms with Crippen LogP contribution < -0.4 is 5.32 Å². The van der Waals surface area contributed by atoms with E-state index in [1.165, 1.54) is 0 Å². The lowest BCUT2D eigenvalue weighted by Crippen LogP contribution is -2.29. The van der Waals surface area contributed by atoms with Crippen LogP contribution in [0.5, 0.6) is 0 Å². The Labute approximate surface area is 129 Å². The number of benzene rings is 2. The Kier molecular flexibility index (Phi) is 4.05. The summed E-state index contributed by atoms with van der Waals surface area (Å²) in [7, 11) is 0. The van der Waals surface area contributed by atoms with Gasteiger partial charge in [-0.3, -0.25) is 4.79 Å². The van der Waals surface area contributed by atoms with Gasteiger partial charge in [0.25, 0.3) is 5.91 Å². The van der Waals surface area contributed by atoms with Gasteiger partial charge in [0.15, 0.2) is 0 Å². The molecule has 3 nitrogen and oxygen atoms in total. The van der Waals surface area contributed by atoms with Crippen LogP contribution in [-0.2, 0) is 0 Å². The molecule has 0 spiro atoms. The van der Waals surface area contributed by atoms with Gasteiger partial charge in [-0.05, 0) is 36.8 Å².